The smallest absolute Gasteiger partial charge is 0.147 e. The van der Waals surface area contributed by atoms with Crippen LogP contribution in [0.1, 0.15) is 90.1 Å². The Labute approximate surface area is 372 Å². The first kappa shape index (κ1) is 41.6. The number of nitrogens with zero attached hydrogens (tertiary/aromatic N) is 5. The van der Waals surface area contributed by atoms with Crippen LogP contribution in [0.25, 0.3) is 67.5 Å². The van der Waals surface area contributed by atoms with Crippen molar-refractivity contribution in [1.29, 1.82) is 0 Å². The fourth-order valence-electron chi connectivity index (χ4n) is 8.56. The Morgan fingerprint density at radius 3 is 1.83 bits per heavy atom. The molecule has 0 atom stereocenters. The summed E-state index contributed by atoms with van der Waals surface area (Å²) in [7, 11) is 0. The van der Waals surface area contributed by atoms with E-state index in [9.17, 15) is 0 Å². The number of hydrogen-bond acceptors (Lipinski definition) is 4. The number of aryl methyl sites for hydroxylation is 2. The number of para-hydroxylation sites is 2. The van der Waals surface area contributed by atoms with Gasteiger partial charge in [0.05, 0.1) is 27.8 Å². The molecule has 0 radical (unpaired) electrons. The van der Waals surface area contributed by atoms with E-state index >= 15 is 0 Å². The predicted molar refractivity (Wildman–Crippen MR) is 262 cm³/mol. The van der Waals surface area contributed by atoms with Gasteiger partial charge in [0.15, 0.2) is 0 Å². The molecule has 0 aliphatic heterocycles. The third-order valence-electron chi connectivity index (χ3n) is 12.2. The van der Waals surface area contributed by atoms with Gasteiger partial charge in [0.25, 0.3) is 0 Å². The van der Waals surface area contributed by atoms with E-state index in [1.54, 1.807) is 0 Å². The molecule has 3 aromatic heterocycles. The first-order valence-electron chi connectivity index (χ1n) is 22.0. The average Bonchev–Trinajstić information content (AvgIpc) is 3.81. The van der Waals surface area contributed by atoms with E-state index in [1.807, 2.05) is 12.3 Å². The van der Waals surface area contributed by atoms with Gasteiger partial charge in [0, 0.05) is 29.0 Å². The Balaban J connectivity index is 1.23. The monoisotopic (exact) mass is 827 g/mol. The molecule has 0 unspecified atom stereocenters. The van der Waals surface area contributed by atoms with E-state index in [0.717, 1.165) is 89.9 Å². The molecule has 0 aliphatic carbocycles. The van der Waals surface area contributed by atoms with Crippen molar-refractivity contribution in [3.63, 3.8) is 0 Å². The van der Waals surface area contributed by atoms with Crippen molar-refractivity contribution in [3.05, 3.63) is 174 Å². The van der Waals surface area contributed by atoms with Gasteiger partial charge in [0.2, 0.25) is 0 Å². The number of ether oxygens (including phenoxy) is 1. The number of imidazole rings is 2. The first-order valence-corrected chi connectivity index (χ1v) is 22.0. The molecule has 0 N–H and O–H groups in total. The lowest BCUT2D eigenvalue weighted by atomic mass is 9.84. The van der Waals surface area contributed by atoms with Crippen LogP contribution >= 0.6 is 0 Å². The van der Waals surface area contributed by atoms with Gasteiger partial charge in [-0.2, -0.15) is 0 Å². The Morgan fingerprint density at radius 1 is 0.460 bits per heavy atom. The van der Waals surface area contributed by atoms with Crippen molar-refractivity contribution < 1.29 is 4.74 Å². The molecule has 0 saturated carbocycles. The molecule has 0 amide bonds. The minimum Gasteiger partial charge on any atom is -0.457 e. The quantitative estimate of drug-likeness (QED) is 0.161. The summed E-state index contributed by atoms with van der Waals surface area (Å²) in [4.78, 5) is 15.6. The van der Waals surface area contributed by atoms with Crippen LogP contribution in [0.5, 0.6) is 11.5 Å². The van der Waals surface area contributed by atoms with E-state index in [1.165, 1.54) is 11.1 Å². The summed E-state index contributed by atoms with van der Waals surface area (Å²) in [5, 5.41) is 0. The number of aromatic nitrogens is 5. The highest BCUT2D eigenvalue weighted by molar-refractivity contribution is 5.88. The fourth-order valence-corrected chi connectivity index (χ4v) is 8.56. The highest BCUT2D eigenvalue weighted by Gasteiger charge is 2.25. The summed E-state index contributed by atoms with van der Waals surface area (Å²) in [5.74, 6) is 3.97. The normalized spacial score (nSPS) is 12.4. The number of fused-ring (bicyclic) bond motifs is 2. The number of rotatable bonds is 7. The third-order valence-corrected chi connectivity index (χ3v) is 12.2. The lowest BCUT2D eigenvalue weighted by molar-refractivity contribution is 0.479. The molecule has 0 aliphatic rings. The van der Waals surface area contributed by atoms with Gasteiger partial charge in [-0.25, -0.2) is 15.0 Å². The van der Waals surface area contributed by atoms with Gasteiger partial charge in [-0.3, -0.25) is 9.13 Å². The topological polar surface area (TPSA) is 57.8 Å². The molecule has 3 heterocycles. The molecular weight excluding hydrogens is 771 g/mol. The molecule has 6 nitrogen and oxygen atoms in total. The molecule has 0 fully saturated rings. The fraction of sp³-hybridized carbons (Fsp3) is 0.246. The van der Waals surface area contributed by atoms with Gasteiger partial charge >= 0.3 is 0 Å². The van der Waals surface area contributed by atoms with Gasteiger partial charge in [-0.15, -0.1) is 0 Å². The Hall–Kier alpha value is -6.79. The summed E-state index contributed by atoms with van der Waals surface area (Å²) >= 11 is 0. The van der Waals surface area contributed by atoms with Gasteiger partial charge < -0.3 is 4.74 Å². The maximum Gasteiger partial charge on any atom is 0.147 e. The molecule has 0 saturated heterocycles. The zero-order chi connectivity index (χ0) is 44.4. The zero-order valence-corrected chi connectivity index (χ0v) is 38.5. The standard InChI is InChI=1S/C57H57N5O/c1-36-18-17-19-37(2)52(36)54-60-47-26-25-43(35-50(47)62(54)51-34-41(28-29-58-51)56(6,7)8)63-44-31-39(30-42(32-44)57(9,10)11)53-59-46-22-15-16-23-49(46)61(53)48-27-24-40(55(3,4)5)33-45(48)38-20-13-12-14-21-38/h12-35H,1-11H3. The molecule has 0 bridgehead atoms. The minimum absolute atomic E-state index is 0.0239. The van der Waals surface area contributed by atoms with E-state index in [0.29, 0.717) is 5.75 Å². The first-order chi connectivity index (χ1) is 29.9. The van der Waals surface area contributed by atoms with E-state index in [-0.39, 0.29) is 16.2 Å². The second kappa shape index (κ2) is 15.5. The molecule has 9 rings (SSSR count). The summed E-state index contributed by atoms with van der Waals surface area (Å²) in [6.45, 7) is 24.5. The van der Waals surface area contributed by atoms with Crippen LogP contribution in [0.4, 0.5) is 0 Å². The van der Waals surface area contributed by atoms with Crippen LogP contribution in [0.3, 0.4) is 0 Å². The zero-order valence-electron chi connectivity index (χ0n) is 38.5. The van der Waals surface area contributed by atoms with E-state index in [4.69, 9.17) is 19.7 Å². The molecular formula is C57H57N5O. The lowest BCUT2D eigenvalue weighted by Gasteiger charge is -2.24. The summed E-state index contributed by atoms with van der Waals surface area (Å²) in [6, 6.07) is 49.5. The highest BCUT2D eigenvalue weighted by atomic mass is 16.5. The Bertz CT molecular complexity index is 3150. The Morgan fingerprint density at radius 2 is 1.11 bits per heavy atom. The predicted octanol–water partition coefficient (Wildman–Crippen LogP) is 15.1. The molecule has 6 aromatic carbocycles. The largest absolute Gasteiger partial charge is 0.457 e. The summed E-state index contributed by atoms with van der Waals surface area (Å²) in [5.41, 5.74) is 14.9. The second-order valence-corrected chi connectivity index (χ2v) is 20.0. The number of hydrogen-bond donors (Lipinski definition) is 0. The maximum atomic E-state index is 6.98. The second-order valence-electron chi connectivity index (χ2n) is 20.0. The van der Waals surface area contributed by atoms with Crippen molar-refractivity contribution in [1.82, 2.24) is 24.1 Å². The van der Waals surface area contributed by atoms with Crippen LogP contribution in [-0.4, -0.2) is 24.1 Å². The van der Waals surface area contributed by atoms with Crippen molar-refractivity contribution in [2.24, 2.45) is 0 Å². The van der Waals surface area contributed by atoms with Crippen LogP contribution in [-0.2, 0) is 16.2 Å². The molecule has 63 heavy (non-hydrogen) atoms. The number of benzene rings is 6. The van der Waals surface area contributed by atoms with E-state index in [2.05, 4.69) is 219 Å². The van der Waals surface area contributed by atoms with Crippen LogP contribution < -0.4 is 4.74 Å². The summed E-state index contributed by atoms with van der Waals surface area (Å²) < 4.78 is 11.5. The molecule has 316 valence electrons. The van der Waals surface area contributed by atoms with Crippen molar-refractivity contribution in [2.75, 3.05) is 0 Å². The average molecular weight is 828 g/mol. The van der Waals surface area contributed by atoms with Crippen molar-refractivity contribution in [2.45, 2.75) is 92.4 Å². The van der Waals surface area contributed by atoms with Crippen molar-refractivity contribution in [3.8, 4) is 56.9 Å². The highest BCUT2D eigenvalue weighted by Crippen LogP contribution is 2.41. The van der Waals surface area contributed by atoms with Crippen LogP contribution in [0.2, 0.25) is 0 Å². The lowest BCUT2D eigenvalue weighted by Crippen LogP contribution is -2.12. The van der Waals surface area contributed by atoms with E-state index < -0.39 is 0 Å². The summed E-state index contributed by atoms with van der Waals surface area (Å²) in [6.07, 6.45) is 1.91. The molecule has 0 spiro atoms. The minimum atomic E-state index is -0.179. The third kappa shape index (κ3) is 7.95. The van der Waals surface area contributed by atoms with Gasteiger partial charge in [-0.1, -0.05) is 129 Å². The molecule has 9 aromatic rings. The van der Waals surface area contributed by atoms with Crippen molar-refractivity contribution >= 4 is 22.1 Å². The van der Waals surface area contributed by atoms with Gasteiger partial charge in [0.1, 0.15) is 29.0 Å². The van der Waals surface area contributed by atoms with Gasteiger partial charge in [-0.05, 0) is 130 Å². The maximum absolute atomic E-state index is 6.98. The molecule has 6 heteroatoms. The number of pyridine rings is 1. The van der Waals surface area contributed by atoms with Crippen LogP contribution in [0.15, 0.2) is 146 Å². The SMILES string of the molecule is Cc1cccc(C)c1-c1nc2ccc(Oc3cc(-c4nc5ccccc5n4-c4ccc(C(C)(C)C)cc4-c4ccccc4)cc(C(C)(C)C)c3)cc2n1-c1cc(C(C)(C)C)ccn1. The Kier molecular flexibility index (Phi) is 10.2. The van der Waals surface area contributed by atoms with Crippen LogP contribution in [0, 0.1) is 13.8 Å².